The SMILES string of the molecule is CC(C)(Br)C(=O)CCC1OC(OC2(COC(=O)C(C)(C)Br)OC(COC(=O)C(C)(C)Br)C(OC(=O)C(C)(C)Br)C2OC(=O)C(C)(C)Br)C(OC(=O)C(C)(C)Br)C(OC(=O)C(C)(C)Br)C1OC(=O)C(C)(C)Br. The summed E-state index contributed by atoms with van der Waals surface area (Å²) in [6, 6.07) is 0. The standard InChI is InChI=1S/C45H64Br8O18/c1-37(2,46)23(54)18-17-21-24(65-32(57)40(7,8)49)26(67-34(59)42(11,12)51)27(68-35(60)43(13,14)52)29(64-21)71-45(20-63-31(56)39(5,6)48)28(69-36(61)44(15,16)53)25(66-33(58)41(9,10)50)22(70-45)19-62-30(55)38(3,4)47/h21-22,24-29H,17-20H2,1-16H3. The second-order valence-corrected chi connectivity index (χ2v) is 36.7. The topological polar surface area (TPSA) is 229 Å². The summed E-state index contributed by atoms with van der Waals surface area (Å²) in [6.45, 7) is 22.1. The summed E-state index contributed by atoms with van der Waals surface area (Å²) < 4.78 is 51.5. The predicted molar refractivity (Wildman–Crippen MR) is 287 cm³/mol. The zero-order chi connectivity index (χ0) is 55.6. The minimum Gasteiger partial charge on any atom is -0.462 e. The minimum absolute atomic E-state index is 0.247. The van der Waals surface area contributed by atoms with E-state index in [4.69, 9.17) is 47.4 Å². The molecular formula is C45H64Br8O18. The van der Waals surface area contributed by atoms with Gasteiger partial charge in [-0.3, -0.25) is 38.4 Å². The first-order valence-electron chi connectivity index (χ1n) is 22.0. The first-order chi connectivity index (χ1) is 31.5. The molecule has 2 rings (SSSR count). The Morgan fingerprint density at radius 2 is 0.775 bits per heavy atom. The van der Waals surface area contributed by atoms with E-state index in [2.05, 4.69) is 127 Å². The van der Waals surface area contributed by atoms with Crippen molar-refractivity contribution < 1.29 is 85.7 Å². The Bertz CT molecular complexity index is 1980. The van der Waals surface area contributed by atoms with Crippen LogP contribution in [0.5, 0.6) is 0 Å². The van der Waals surface area contributed by atoms with Crippen molar-refractivity contribution in [1.82, 2.24) is 0 Å². The quantitative estimate of drug-likeness (QED) is 0.0559. The second-order valence-electron chi connectivity index (χ2n) is 20.9. The number of rotatable bonds is 22. The molecule has 9 unspecified atom stereocenters. The van der Waals surface area contributed by atoms with Gasteiger partial charge < -0.3 is 47.4 Å². The number of carbonyl (C=O) groups excluding carboxylic acids is 8. The van der Waals surface area contributed by atoms with Crippen LogP contribution < -0.4 is 0 Å². The van der Waals surface area contributed by atoms with Crippen LogP contribution in [-0.2, 0) is 85.7 Å². The molecule has 18 nitrogen and oxygen atoms in total. The molecule has 0 saturated carbocycles. The molecule has 0 aliphatic carbocycles. The van der Waals surface area contributed by atoms with Gasteiger partial charge in [0.1, 0.15) is 61.5 Å². The van der Waals surface area contributed by atoms with Crippen LogP contribution in [0.3, 0.4) is 0 Å². The van der Waals surface area contributed by atoms with Crippen LogP contribution in [0.1, 0.15) is 124 Å². The van der Waals surface area contributed by atoms with E-state index in [1.54, 1.807) is 13.8 Å². The van der Waals surface area contributed by atoms with Gasteiger partial charge in [-0.2, -0.15) is 0 Å². The molecule has 0 N–H and O–H groups in total. The van der Waals surface area contributed by atoms with E-state index in [1.165, 1.54) is 96.9 Å². The van der Waals surface area contributed by atoms with Crippen molar-refractivity contribution >= 4 is 175 Å². The van der Waals surface area contributed by atoms with Crippen molar-refractivity contribution in [2.45, 2.75) is 213 Å². The average Bonchev–Trinajstić information content (AvgIpc) is 3.44. The molecule has 2 aliphatic heterocycles. The second kappa shape index (κ2) is 24.6. The van der Waals surface area contributed by atoms with Gasteiger partial charge in [0.15, 0.2) is 30.5 Å². The van der Waals surface area contributed by atoms with Crippen LogP contribution in [0, 0.1) is 0 Å². The number of ether oxygens (including phenoxy) is 10. The number of esters is 7. The van der Waals surface area contributed by atoms with Gasteiger partial charge in [-0.1, -0.05) is 127 Å². The van der Waals surface area contributed by atoms with Crippen molar-refractivity contribution in [2.75, 3.05) is 13.2 Å². The Kier molecular flexibility index (Phi) is 23.1. The van der Waals surface area contributed by atoms with Crippen LogP contribution in [0.2, 0.25) is 0 Å². The molecular weight excluding hydrogens is 1470 g/mol. The van der Waals surface area contributed by atoms with Gasteiger partial charge >= 0.3 is 41.8 Å². The van der Waals surface area contributed by atoms with Gasteiger partial charge in [0.05, 0.1) is 4.32 Å². The monoisotopic (exact) mass is 1520 g/mol. The smallest absolute Gasteiger partial charge is 0.322 e. The number of hydrogen-bond acceptors (Lipinski definition) is 18. The third kappa shape index (κ3) is 19.6. The van der Waals surface area contributed by atoms with E-state index in [-0.39, 0.29) is 18.6 Å². The summed E-state index contributed by atoms with van der Waals surface area (Å²) in [5.74, 6) is -9.53. The highest BCUT2D eigenvalue weighted by molar-refractivity contribution is 9.11. The van der Waals surface area contributed by atoms with E-state index in [0.29, 0.717) is 0 Å². The summed E-state index contributed by atoms with van der Waals surface area (Å²) in [7, 11) is 0. The van der Waals surface area contributed by atoms with E-state index in [0.717, 1.165) is 0 Å². The molecule has 9 atom stereocenters. The maximum Gasteiger partial charge on any atom is 0.322 e. The molecule has 0 radical (unpaired) electrons. The Morgan fingerprint density at radius 3 is 1.17 bits per heavy atom. The van der Waals surface area contributed by atoms with Crippen LogP contribution in [-0.4, -0.2) is 150 Å². The molecule has 0 aromatic heterocycles. The Balaban J connectivity index is 3.29. The highest BCUT2D eigenvalue weighted by atomic mass is 79.9. The fraction of sp³-hybridized carbons (Fsp3) is 0.822. The lowest BCUT2D eigenvalue weighted by molar-refractivity contribution is -0.383. The fourth-order valence-electron chi connectivity index (χ4n) is 5.86. The molecule has 0 amide bonds. The molecule has 2 heterocycles. The largest absolute Gasteiger partial charge is 0.462 e. The molecule has 0 aromatic carbocycles. The van der Waals surface area contributed by atoms with Gasteiger partial charge in [-0.05, 0) is 117 Å². The number of Topliss-reactive ketones (excluding diaryl/α,β-unsaturated/α-hetero) is 1. The highest BCUT2D eigenvalue weighted by Crippen LogP contribution is 2.44. The zero-order valence-electron chi connectivity index (χ0n) is 42.3. The number of hydrogen-bond donors (Lipinski definition) is 0. The molecule has 2 saturated heterocycles. The highest BCUT2D eigenvalue weighted by Gasteiger charge is 2.66. The lowest BCUT2D eigenvalue weighted by Crippen LogP contribution is -2.66. The minimum atomic E-state index is -2.72. The van der Waals surface area contributed by atoms with Gasteiger partial charge in [-0.15, -0.1) is 0 Å². The molecule has 26 heteroatoms. The summed E-state index contributed by atoms with van der Waals surface area (Å²) in [6.07, 6.45) is -14.9. The Labute approximate surface area is 482 Å². The van der Waals surface area contributed by atoms with E-state index in [1.807, 2.05) is 0 Å². The van der Waals surface area contributed by atoms with Crippen molar-refractivity contribution in [2.24, 2.45) is 0 Å². The maximum absolute atomic E-state index is 14.1. The lowest BCUT2D eigenvalue weighted by atomic mass is 9.92. The van der Waals surface area contributed by atoms with Crippen molar-refractivity contribution in [3.05, 3.63) is 0 Å². The fourth-order valence-corrected chi connectivity index (χ4v) is 6.75. The van der Waals surface area contributed by atoms with E-state index >= 15 is 0 Å². The summed E-state index contributed by atoms with van der Waals surface area (Å²) in [4.78, 5) is 111. The third-order valence-corrected chi connectivity index (χ3v) is 12.8. The lowest BCUT2D eigenvalue weighted by Gasteiger charge is -2.48. The summed E-state index contributed by atoms with van der Waals surface area (Å²) >= 11 is 26.5. The molecule has 71 heavy (non-hydrogen) atoms. The summed E-state index contributed by atoms with van der Waals surface area (Å²) in [5, 5.41) is 0. The van der Waals surface area contributed by atoms with Crippen molar-refractivity contribution in [1.29, 1.82) is 0 Å². The van der Waals surface area contributed by atoms with Gasteiger partial charge in [0.2, 0.25) is 12.1 Å². The molecule has 2 aliphatic rings. The first kappa shape index (κ1) is 66.8. The van der Waals surface area contributed by atoms with Gasteiger partial charge in [0.25, 0.3) is 0 Å². The predicted octanol–water partition coefficient (Wildman–Crippen LogP) is 9.21. The van der Waals surface area contributed by atoms with Crippen LogP contribution in [0.4, 0.5) is 0 Å². The van der Waals surface area contributed by atoms with Crippen LogP contribution in [0.15, 0.2) is 0 Å². The molecule has 408 valence electrons. The zero-order valence-corrected chi connectivity index (χ0v) is 55.0. The summed E-state index contributed by atoms with van der Waals surface area (Å²) in [5.41, 5.74) is 0. The van der Waals surface area contributed by atoms with Crippen molar-refractivity contribution in [3.8, 4) is 0 Å². The molecule has 2 fully saturated rings. The van der Waals surface area contributed by atoms with Crippen LogP contribution >= 0.6 is 127 Å². The molecule has 0 bridgehead atoms. The third-order valence-electron chi connectivity index (χ3n) is 10.1. The Morgan fingerprint density at radius 1 is 0.423 bits per heavy atom. The average molecular weight is 1530 g/mol. The van der Waals surface area contributed by atoms with Gasteiger partial charge in [-0.25, -0.2) is 0 Å². The first-order valence-corrected chi connectivity index (χ1v) is 28.3. The normalized spacial score (nSPS) is 25.9. The van der Waals surface area contributed by atoms with E-state index in [9.17, 15) is 38.4 Å². The molecule has 0 spiro atoms. The van der Waals surface area contributed by atoms with Gasteiger partial charge in [0, 0.05) is 6.42 Å². The maximum atomic E-state index is 14.1. The number of alkyl halides is 8. The van der Waals surface area contributed by atoms with E-state index < -0.39 is 144 Å². The van der Waals surface area contributed by atoms with Crippen molar-refractivity contribution in [3.63, 3.8) is 0 Å². The molecule has 0 aromatic rings. The number of ketones is 1. The number of carbonyl (C=O) groups is 8. The Hall–Kier alpha value is -0.320. The van der Waals surface area contributed by atoms with Crippen LogP contribution in [0.25, 0.3) is 0 Å². The number of halogens is 8.